The Morgan fingerprint density at radius 3 is 2.70 bits per heavy atom. The molecule has 0 amide bonds. The Morgan fingerprint density at radius 1 is 1.25 bits per heavy atom. The Balaban J connectivity index is 1.58. The van der Waals surface area contributed by atoms with Gasteiger partial charge in [-0.3, -0.25) is 0 Å². The molecule has 4 nitrogen and oxygen atoms in total. The van der Waals surface area contributed by atoms with Crippen molar-refractivity contribution in [2.24, 2.45) is 5.41 Å². The van der Waals surface area contributed by atoms with Gasteiger partial charge in [-0.2, -0.15) is 0 Å². The van der Waals surface area contributed by atoms with Crippen LogP contribution in [-0.2, 0) is 9.47 Å². The molecule has 3 unspecified atom stereocenters. The molecular formula is C16H29NO3. The number of hydrogen-bond acceptors (Lipinski definition) is 4. The summed E-state index contributed by atoms with van der Waals surface area (Å²) >= 11 is 0. The molecule has 3 fully saturated rings. The second kappa shape index (κ2) is 5.91. The summed E-state index contributed by atoms with van der Waals surface area (Å²) in [5, 5.41) is 14.0. The third-order valence-corrected chi connectivity index (χ3v) is 5.70. The highest BCUT2D eigenvalue weighted by molar-refractivity contribution is 5.09. The van der Waals surface area contributed by atoms with Gasteiger partial charge in [0.25, 0.3) is 0 Å². The molecule has 116 valence electrons. The van der Waals surface area contributed by atoms with E-state index in [4.69, 9.17) is 9.47 Å². The normalized spacial score (nSPS) is 39.9. The van der Waals surface area contributed by atoms with Crippen LogP contribution in [0.25, 0.3) is 0 Å². The Bertz CT molecular complexity index is 322. The predicted molar refractivity (Wildman–Crippen MR) is 77.7 cm³/mol. The van der Waals surface area contributed by atoms with Crippen molar-refractivity contribution in [3.63, 3.8) is 0 Å². The zero-order valence-electron chi connectivity index (χ0n) is 12.7. The van der Waals surface area contributed by atoms with E-state index in [0.717, 1.165) is 19.4 Å². The van der Waals surface area contributed by atoms with Crippen LogP contribution in [-0.4, -0.2) is 49.2 Å². The van der Waals surface area contributed by atoms with E-state index in [0.29, 0.717) is 37.3 Å². The molecule has 0 radical (unpaired) electrons. The lowest BCUT2D eigenvalue weighted by Gasteiger charge is -2.58. The Morgan fingerprint density at radius 2 is 2.05 bits per heavy atom. The van der Waals surface area contributed by atoms with Crippen LogP contribution >= 0.6 is 0 Å². The Hall–Kier alpha value is -0.160. The van der Waals surface area contributed by atoms with Gasteiger partial charge >= 0.3 is 0 Å². The molecule has 1 saturated heterocycles. The first kappa shape index (κ1) is 14.8. The van der Waals surface area contributed by atoms with Crippen LogP contribution < -0.4 is 5.32 Å². The lowest BCUT2D eigenvalue weighted by atomic mass is 9.55. The fourth-order valence-electron chi connectivity index (χ4n) is 4.40. The standard InChI is InChI=1S/C16H29NO3/c1-2-20-14-10-13(16(14)6-4-3-5-7-16)17-11-15(18)8-9-19-12-15/h13-14,17-18H,2-12H2,1H3. The summed E-state index contributed by atoms with van der Waals surface area (Å²) in [5.74, 6) is 0. The highest BCUT2D eigenvalue weighted by atomic mass is 16.5. The molecule has 20 heavy (non-hydrogen) atoms. The van der Waals surface area contributed by atoms with Crippen molar-refractivity contribution < 1.29 is 14.6 Å². The number of rotatable bonds is 5. The van der Waals surface area contributed by atoms with Crippen molar-refractivity contribution in [1.29, 1.82) is 0 Å². The van der Waals surface area contributed by atoms with Gasteiger partial charge < -0.3 is 19.9 Å². The zero-order valence-corrected chi connectivity index (χ0v) is 12.7. The number of hydrogen-bond donors (Lipinski definition) is 2. The van der Waals surface area contributed by atoms with Crippen molar-refractivity contribution in [2.45, 2.75) is 69.6 Å². The maximum atomic E-state index is 10.4. The second-order valence-corrected chi connectivity index (χ2v) is 6.93. The molecule has 4 heteroatoms. The SMILES string of the molecule is CCOC1CC(NCC2(O)CCOC2)C12CCCCC2. The number of nitrogens with one attached hydrogen (secondary N) is 1. The minimum Gasteiger partial charge on any atom is -0.386 e. The smallest absolute Gasteiger partial charge is 0.102 e. The van der Waals surface area contributed by atoms with Gasteiger partial charge in [0, 0.05) is 37.6 Å². The van der Waals surface area contributed by atoms with Crippen LogP contribution in [0.4, 0.5) is 0 Å². The first-order chi connectivity index (χ1) is 9.69. The molecule has 3 aliphatic rings. The summed E-state index contributed by atoms with van der Waals surface area (Å²) < 4.78 is 11.3. The highest BCUT2D eigenvalue weighted by Gasteiger charge is 2.55. The van der Waals surface area contributed by atoms with Gasteiger partial charge in [0.15, 0.2) is 0 Å². The summed E-state index contributed by atoms with van der Waals surface area (Å²) in [4.78, 5) is 0. The molecule has 0 aromatic carbocycles. The summed E-state index contributed by atoms with van der Waals surface area (Å²) in [6.07, 6.45) is 8.88. The van der Waals surface area contributed by atoms with E-state index < -0.39 is 5.60 Å². The minimum absolute atomic E-state index is 0.337. The lowest BCUT2D eigenvalue weighted by Crippen LogP contribution is -2.66. The number of aliphatic hydroxyl groups is 1. The van der Waals surface area contributed by atoms with E-state index >= 15 is 0 Å². The molecule has 2 aliphatic carbocycles. The fourth-order valence-corrected chi connectivity index (χ4v) is 4.40. The molecule has 3 rings (SSSR count). The summed E-state index contributed by atoms with van der Waals surface area (Å²) in [6, 6.07) is 0.518. The Kier molecular flexibility index (Phi) is 4.37. The topological polar surface area (TPSA) is 50.7 Å². The van der Waals surface area contributed by atoms with Gasteiger partial charge in [-0.25, -0.2) is 0 Å². The van der Waals surface area contributed by atoms with Crippen LogP contribution in [0.5, 0.6) is 0 Å². The largest absolute Gasteiger partial charge is 0.386 e. The molecule has 2 saturated carbocycles. The molecule has 1 heterocycles. The average molecular weight is 283 g/mol. The van der Waals surface area contributed by atoms with Gasteiger partial charge in [-0.15, -0.1) is 0 Å². The zero-order chi connectivity index (χ0) is 14.1. The molecule has 1 spiro atoms. The molecule has 0 bridgehead atoms. The molecule has 3 atom stereocenters. The third kappa shape index (κ3) is 2.63. The van der Waals surface area contributed by atoms with Crippen LogP contribution in [0.3, 0.4) is 0 Å². The summed E-state index contributed by atoms with van der Waals surface area (Å²) in [7, 11) is 0. The first-order valence-corrected chi connectivity index (χ1v) is 8.34. The van der Waals surface area contributed by atoms with Crippen molar-refractivity contribution in [3.05, 3.63) is 0 Å². The third-order valence-electron chi connectivity index (χ3n) is 5.70. The average Bonchev–Trinajstić information content (AvgIpc) is 2.90. The van der Waals surface area contributed by atoms with Crippen molar-refractivity contribution in [1.82, 2.24) is 5.32 Å². The number of ether oxygens (including phenoxy) is 2. The van der Waals surface area contributed by atoms with Crippen molar-refractivity contribution in [3.8, 4) is 0 Å². The lowest BCUT2D eigenvalue weighted by molar-refractivity contribution is -0.153. The van der Waals surface area contributed by atoms with Gasteiger partial charge in [0.1, 0.15) is 5.60 Å². The van der Waals surface area contributed by atoms with Gasteiger partial charge in [-0.1, -0.05) is 19.3 Å². The molecule has 0 aromatic heterocycles. The highest BCUT2D eigenvalue weighted by Crippen LogP contribution is 2.53. The molecular weight excluding hydrogens is 254 g/mol. The van der Waals surface area contributed by atoms with Gasteiger partial charge in [0.05, 0.1) is 12.7 Å². The van der Waals surface area contributed by atoms with Crippen LogP contribution in [0.1, 0.15) is 51.9 Å². The predicted octanol–water partition coefficient (Wildman–Crippen LogP) is 1.86. The van der Waals surface area contributed by atoms with E-state index in [1.807, 2.05) is 0 Å². The van der Waals surface area contributed by atoms with Crippen molar-refractivity contribution >= 4 is 0 Å². The maximum absolute atomic E-state index is 10.4. The molecule has 1 aliphatic heterocycles. The van der Waals surface area contributed by atoms with E-state index in [9.17, 15) is 5.11 Å². The van der Waals surface area contributed by atoms with E-state index in [-0.39, 0.29) is 0 Å². The molecule has 0 aromatic rings. The quantitative estimate of drug-likeness (QED) is 0.808. The van der Waals surface area contributed by atoms with E-state index in [2.05, 4.69) is 12.2 Å². The van der Waals surface area contributed by atoms with Gasteiger partial charge in [-0.05, 0) is 26.2 Å². The van der Waals surface area contributed by atoms with E-state index in [1.165, 1.54) is 32.1 Å². The molecule has 2 N–H and O–H groups in total. The van der Waals surface area contributed by atoms with Crippen LogP contribution in [0.2, 0.25) is 0 Å². The Labute approximate surface area is 122 Å². The van der Waals surface area contributed by atoms with E-state index in [1.54, 1.807) is 0 Å². The van der Waals surface area contributed by atoms with Gasteiger partial charge in [0.2, 0.25) is 0 Å². The van der Waals surface area contributed by atoms with Crippen LogP contribution in [0, 0.1) is 5.41 Å². The minimum atomic E-state index is -0.646. The summed E-state index contributed by atoms with van der Waals surface area (Å²) in [5.41, 5.74) is -0.309. The first-order valence-electron chi connectivity index (χ1n) is 8.34. The summed E-state index contributed by atoms with van der Waals surface area (Å²) in [6.45, 7) is 4.75. The van der Waals surface area contributed by atoms with Crippen molar-refractivity contribution in [2.75, 3.05) is 26.4 Å². The fraction of sp³-hybridized carbons (Fsp3) is 1.00. The monoisotopic (exact) mass is 283 g/mol. The van der Waals surface area contributed by atoms with Crippen LogP contribution in [0.15, 0.2) is 0 Å². The maximum Gasteiger partial charge on any atom is 0.102 e. The second-order valence-electron chi connectivity index (χ2n) is 6.93.